The topological polar surface area (TPSA) is 52.7 Å². The number of rotatable bonds is 3. The van der Waals surface area contributed by atoms with Gasteiger partial charge in [-0.15, -0.1) is 11.8 Å². The van der Waals surface area contributed by atoms with E-state index >= 15 is 0 Å². The summed E-state index contributed by atoms with van der Waals surface area (Å²) in [6, 6.07) is 17.9. The molecule has 1 N–H and O–H groups in total. The molecule has 28 heavy (non-hydrogen) atoms. The Balaban J connectivity index is 1.40. The Hall–Kier alpha value is -2.47. The van der Waals surface area contributed by atoms with Gasteiger partial charge < -0.3 is 15.1 Å². The van der Waals surface area contributed by atoms with E-state index in [1.807, 2.05) is 59.2 Å². The lowest BCUT2D eigenvalue weighted by Gasteiger charge is -2.44. The maximum absolute atomic E-state index is 12.6. The van der Waals surface area contributed by atoms with Gasteiger partial charge in [-0.2, -0.15) is 0 Å². The minimum absolute atomic E-state index is 0.0654. The van der Waals surface area contributed by atoms with Gasteiger partial charge in [-0.25, -0.2) is 4.79 Å². The normalized spacial score (nSPS) is 18.5. The van der Waals surface area contributed by atoms with E-state index in [1.54, 1.807) is 11.8 Å². The van der Waals surface area contributed by atoms with Crippen LogP contribution in [0.2, 0.25) is 0 Å². The molecule has 0 unspecified atom stereocenters. The predicted molar refractivity (Wildman–Crippen MR) is 113 cm³/mol. The van der Waals surface area contributed by atoms with Crippen LogP contribution in [-0.2, 0) is 11.3 Å². The maximum atomic E-state index is 12.6. The van der Waals surface area contributed by atoms with Crippen LogP contribution in [0.15, 0.2) is 54.6 Å². The molecule has 2 aromatic rings. The molecule has 2 fully saturated rings. The van der Waals surface area contributed by atoms with E-state index in [4.69, 9.17) is 0 Å². The number of urea groups is 1. The summed E-state index contributed by atoms with van der Waals surface area (Å²) in [6.45, 7) is 3.96. The van der Waals surface area contributed by atoms with Crippen LogP contribution in [-0.4, -0.2) is 45.5 Å². The van der Waals surface area contributed by atoms with Gasteiger partial charge in [0.1, 0.15) is 0 Å². The lowest BCUT2D eigenvalue weighted by molar-refractivity contribution is -0.131. The van der Waals surface area contributed by atoms with Crippen molar-refractivity contribution in [2.45, 2.75) is 31.2 Å². The minimum Gasteiger partial charge on any atom is -0.324 e. The van der Waals surface area contributed by atoms with Gasteiger partial charge in [-0.3, -0.25) is 4.79 Å². The molecular weight excluding hydrogens is 370 g/mol. The molecule has 2 aliphatic rings. The van der Waals surface area contributed by atoms with E-state index in [2.05, 4.69) is 17.4 Å². The van der Waals surface area contributed by atoms with E-state index in [-0.39, 0.29) is 16.8 Å². The Labute approximate surface area is 170 Å². The molecule has 1 spiro atoms. The van der Waals surface area contributed by atoms with E-state index in [9.17, 15) is 9.59 Å². The van der Waals surface area contributed by atoms with Crippen molar-refractivity contribution in [1.29, 1.82) is 0 Å². The Bertz CT molecular complexity index is 863. The number of benzene rings is 2. The summed E-state index contributed by atoms with van der Waals surface area (Å²) in [6.07, 6.45) is 1.61. The minimum atomic E-state index is -0.187. The number of anilines is 1. The summed E-state index contributed by atoms with van der Waals surface area (Å²) >= 11 is 1.74. The highest BCUT2D eigenvalue weighted by Crippen LogP contribution is 2.45. The fourth-order valence-electron chi connectivity index (χ4n) is 3.98. The molecule has 2 heterocycles. The summed E-state index contributed by atoms with van der Waals surface area (Å²) in [5.41, 5.74) is 3.09. The molecule has 3 amide bonds. The molecule has 2 aromatic carbocycles. The van der Waals surface area contributed by atoms with E-state index in [0.717, 1.165) is 29.7 Å². The van der Waals surface area contributed by atoms with Crippen molar-refractivity contribution in [3.8, 4) is 0 Å². The lowest BCUT2D eigenvalue weighted by atomic mass is 10.0. The average Bonchev–Trinajstić information content (AvgIpc) is 2.99. The number of nitrogens with zero attached hydrogens (tertiary/aromatic N) is 2. The van der Waals surface area contributed by atoms with Gasteiger partial charge in [0.05, 0.1) is 10.6 Å². The van der Waals surface area contributed by atoms with Crippen molar-refractivity contribution in [1.82, 2.24) is 9.80 Å². The molecule has 146 valence electrons. The van der Waals surface area contributed by atoms with Gasteiger partial charge in [-0.1, -0.05) is 42.5 Å². The summed E-state index contributed by atoms with van der Waals surface area (Å²) in [5, 5.41) is 2.99. The SMILES string of the molecule is Cc1cccc(NC(=O)N2CCC3(CC2)SCC(=O)N3Cc2ccccc2)c1. The third kappa shape index (κ3) is 3.87. The number of carbonyl (C=O) groups is 2. The van der Waals surface area contributed by atoms with Gasteiger partial charge >= 0.3 is 6.03 Å². The number of piperidine rings is 1. The predicted octanol–water partition coefficient (Wildman–Crippen LogP) is 4.09. The van der Waals surface area contributed by atoms with E-state index in [0.29, 0.717) is 25.4 Å². The summed E-state index contributed by atoms with van der Waals surface area (Å²) in [7, 11) is 0. The summed E-state index contributed by atoms with van der Waals surface area (Å²) in [4.78, 5) is 28.9. The van der Waals surface area contributed by atoms with Crippen LogP contribution in [0.3, 0.4) is 0 Å². The summed E-state index contributed by atoms with van der Waals surface area (Å²) in [5.74, 6) is 0.731. The standard InChI is InChI=1S/C22H25N3O2S/c1-17-6-5-9-19(14-17)23-21(27)24-12-10-22(11-13-24)25(20(26)16-28-22)15-18-7-3-2-4-8-18/h2-9,14H,10-13,15-16H2,1H3,(H,23,27). The number of likely N-dealkylation sites (tertiary alicyclic amines) is 1. The van der Waals surface area contributed by atoms with Gasteiger partial charge in [0.2, 0.25) is 5.91 Å². The molecular formula is C22H25N3O2S. The first-order valence-corrected chi connectivity index (χ1v) is 10.7. The van der Waals surface area contributed by atoms with Crippen LogP contribution in [0.4, 0.5) is 10.5 Å². The highest BCUT2D eigenvalue weighted by Gasteiger charge is 2.48. The Morgan fingerprint density at radius 2 is 1.86 bits per heavy atom. The molecule has 5 nitrogen and oxygen atoms in total. The number of thioether (sulfide) groups is 1. The fraction of sp³-hybridized carbons (Fsp3) is 0.364. The molecule has 0 aliphatic carbocycles. The van der Waals surface area contributed by atoms with E-state index < -0.39 is 0 Å². The molecule has 2 saturated heterocycles. The summed E-state index contributed by atoms with van der Waals surface area (Å²) < 4.78 is 0. The monoisotopic (exact) mass is 395 g/mol. The molecule has 0 saturated carbocycles. The van der Waals surface area contributed by atoms with Crippen molar-refractivity contribution >= 4 is 29.4 Å². The number of aryl methyl sites for hydroxylation is 1. The van der Waals surface area contributed by atoms with Crippen molar-refractivity contribution in [3.05, 3.63) is 65.7 Å². The van der Waals surface area contributed by atoms with Crippen LogP contribution in [0.25, 0.3) is 0 Å². The molecule has 2 aliphatic heterocycles. The second kappa shape index (κ2) is 7.87. The first kappa shape index (κ1) is 18.9. The molecule has 0 aromatic heterocycles. The molecule has 0 radical (unpaired) electrons. The fourth-order valence-corrected chi connectivity index (χ4v) is 5.32. The van der Waals surface area contributed by atoms with Crippen molar-refractivity contribution in [3.63, 3.8) is 0 Å². The van der Waals surface area contributed by atoms with Crippen molar-refractivity contribution < 1.29 is 9.59 Å². The first-order valence-electron chi connectivity index (χ1n) is 9.67. The van der Waals surface area contributed by atoms with Gasteiger partial charge in [-0.05, 0) is 43.0 Å². The van der Waals surface area contributed by atoms with Crippen LogP contribution in [0.5, 0.6) is 0 Å². The second-order valence-electron chi connectivity index (χ2n) is 7.49. The highest BCUT2D eigenvalue weighted by atomic mass is 32.2. The molecule has 0 bridgehead atoms. The van der Waals surface area contributed by atoms with Crippen LogP contribution >= 0.6 is 11.8 Å². The van der Waals surface area contributed by atoms with Crippen LogP contribution < -0.4 is 5.32 Å². The van der Waals surface area contributed by atoms with E-state index in [1.165, 1.54) is 0 Å². The number of carbonyl (C=O) groups excluding carboxylic acids is 2. The zero-order valence-electron chi connectivity index (χ0n) is 16.1. The van der Waals surface area contributed by atoms with Gasteiger partial charge in [0.15, 0.2) is 0 Å². The third-order valence-corrected chi connectivity index (χ3v) is 7.10. The maximum Gasteiger partial charge on any atom is 0.321 e. The van der Waals surface area contributed by atoms with Crippen molar-refractivity contribution in [2.75, 3.05) is 24.2 Å². The number of nitrogens with one attached hydrogen (secondary N) is 1. The highest BCUT2D eigenvalue weighted by molar-refractivity contribution is 8.01. The zero-order valence-corrected chi connectivity index (χ0v) is 16.9. The average molecular weight is 396 g/mol. The quantitative estimate of drug-likeness (QED) is 0.851. The third-order valence-electron chi connectivity index (χ3n) is 5.54. The van der Waals surface area contributed by atoms with Gasteiger partial charge in [0.25, 0.3) is 0 Å². The second-order valence-corrected chi connectivity index (χ2v) is 8.82. The number of amides is 3. The largest absolute Gasteiger partial charge is 0.324 e. The molecule has 4 rings (SSSR count). The Morgan fingerprint density at radius 1 is 1.11 bits per heavy atom. The lowest BCUT2D eigenvalue weighted by Crippen LogP contribution is -2.53. The zero-order chi connectivity index (χ0) is 19.6. The van der Waals surface area contributed by atoms with Crippen molar-refractivity contribution in [2.24, 2.45) is 0 Å². The molecule has 6 heteroatoms. The van der Waals surface area contributed by atoms with Gasteiger partial charge in [0, 0.05) is 25.3 Å². The van der Waals surface area contributed by atoms with Crippen LogP contribution in [0.1, 0.15) is 24.0 Å². The molecule has 0 atom stereocenters. The Kier molecular flexibility index (Phi) is 5.31. The number of hydrogen-bond donors (Lipinski definition) is 1. The Morgan fingerprint density at radius 3 is 2.57 bits per heavy atom. The number of hydrogen-bond acceptors (Lipinski definition) is 3. The first-order chi connectivity index (χ1) is 13.6. The smallest absolute Gasteiger partial charge is 0.321 e. The van der Waals surface area contributed by atoms with Crippen LogP contribution in [0, 0.1) is 6.92 Å².